The van der Waals surface area contributed by atoms with Crippen LogP contribution in [0.2, 0.25) is 0 Å². The molecule has 1 heteroatoms. The van der Waals surface area contributed by atoms with Gasteiger partial charge >= 0.3 is 0 Å². The molecule has 0 amide bonds. The first-order valence-electron chi connectivity index (χ1n) is 17.4. The van der Waals surface area contributed by atoms with Gasteiger partial charge < -0.3 is 4.90 Å². The van der Waals surface area contributed by atoms with Crippen LogP contribution in [0.3, 0.4) is 0 Å². The summed E-state index contributed by atoms with van der Waals surface area (Å²) in [4.78, 5) is 2.44. The molecular formula is C49H37N. The van der Waals surface area contributed by atoms with Gasteiger partial charge in [0.25, 0.3) is 0 Å². The van der Waals surface area contributed by atoms with Crippen molar-refractivity contribution < 1.29 is 0 Å². The van der Waals surface area contributed by atoms with E-state index >= 15 is 0 Å². The number of hydrogen-bond acceptors (Lipinski definition) is 1. The summed E-state index contributed by atoms with van der Waals surface area (Å²) in [6.45, 7) is 4.71. The summed E-state index contributed by atoms with van der Waals surface area (Å²) in [6.07, 6.45) is 0. The SMILES string of the molecule is CC1(C)c2ccccc2-c2ccc(N(c3cccc(-c4cccc(-c5cccc6ccccc56)c4)c3)c3ccccc3-c3ccccc3)cc21. The Balaban J connectivity index is 1.21. The third-order valence-electron chi connectivity index (χ3n) is 10.5. The zero-order valence-electron chi connectivity index (χ0n) is 28.3. The van der Waals surface area contributed by atoms with Crippen LogP contribution in [0, 0.1) is 0 Å². The van der Waals surface area contributed by atoms with Crippen molar-refractivity contribution in [1.29, 1.82) is 0 Å². The molecule has 0 saturated heterocycles. The van der Waals surface area contributed by atoms with Crippen LogP contribution in [-0.2, 0) is 5.41 Å². The van der Waals surface area contributed by atoms with E-state index in [1.54, 1.807) is 0 Å². The van der Waals surface area contributed by atoms with Crippen LogP contribution < -0.4 is 4.90 Å². The van der Waals surface area contributed by atoms with Crippen molar-refractivity contribution in [1.82, 2.24) is 0 Å². The Morgan fingerprint density at radius 1 is 0.360 bits per heavy atom. The molecule has 0 saturated carbocycles. The number of benzene rings is 8. The number of para-hydroxylation sites is 1. The average molecular weight is 640 g/mol. The zero-order chi connectivity index (χ0) is 33.7. The summed E-state index contributed by atoms with van der Waals surface area (Å²) in [5.74, 6) is 0. The van der Waals surface area contributed by atoms with E-state index in [0.29, 0.717) is 0 Å². The minimum absolute atomic E-state index is 0.101. The number of hydrogen-bond donors (Lipinski definition) is 0. The van der Waals surface area contributed by atoms with Crippen molar-refractivity contribution in [2.24, 2.45) is 0 Å². The summed E-state index contributed by atoms with van der Waals surface area (Å²) in [5, 5.41) is 2.53. The molecule has 0 aliphatic heterocycles. The first-order chi connectivity index (χ1) is 24.6. The molecule has 1 aliphatic rings. The van der Waals surface area contributed by atoms with E-state index in [2.05, 4.69) is 207 Å². The van der Waals surface area contributed by atoms with Crippen LogP contribution in [0.1, 0.15) is 25.0 Å². The molecule has 0 heterocycles. The maximum atomic E-state index is 2.44. The highest BCUT2D eigenvalue weighted by molar-refractivity contribution is 5.97. The minimum Gasteiger partial charge on any atom is -0.310 e. The van der Waals surface area contributed by atoms with Crippen LogP contribution in [0.4, 0.5) is 17.1 Å². The first kappa shape index (κ1) is 29.9. The predicted molar refractivity (Wildman–Crippen MR) is 213 cm³/mol. The minimum atomic E-state index is -0.101. The lowest BCUT2D eigenvalue weighted by molar-refractivity contribution is 0.660. The lowest BCUT2D eigenvalue weighted by Gasteiger charge is -2.30. The highest BCUT2D eigenvalue weighted by Gasteiger charge is 2.35. The van der Waals surface area contributed by atoms with E-state index in [1.807, 2.05) is 0 Å². The van der Waals surface area contributed by atoms with Crippen LogP contribution in [0.25, 0.3) is 55.3 Å². The summed E-state index contributed by atoms with van der Waals surface area (Å²) >= 11 is 0. The molecule has 238 valence electrons. The van der Waals surface area contributed by atoms with Gasteiger partial charge in [-0.05, 0) is 97.2 Å². The monoisotopic (exact) mass is 639 g/mol. The van der Waals surface area contributed by atoms with Crippen LogP contribution in [0.5, 0.6) is 0 Å². The molecule has 0 spiro atoms. The highest BCUT2D eigenvalue weighted by Crippen LogP contribution is 2.51. The summed E-state index contributed by atoms with van der Waals surface area (Å²) in [5.41, 5.74) is 16.0. The first-order valence-corrected chi connectivity index (χ1v) is 17.4. The molecule has 0 radical (unpaired) electrons. The molecule has 1 aliphatic carbocycles. The fourth-order valence-electron chi connectivity index (χ4n) is 7.96. The lowest BCUT2D eigenvalue weighted by atomic mass is 9.82. The van der Waals surface area contributed by atoms with E-state index in [-0.39, 0.29) is 5.41 Å². The van der Waals surface area contributed by atoms with Crippen LogP contribution in [0.15, 0.2) is 188 Å². The Bertz CT molecular complexity index is 2520. The second-order valence-electron chi connectivity index (χ2n) is 13.8. The normalized spacial score (nSPS) is 12.8. The van der Waals surface area contributed by atoms with Crippen molar-refractivity contribution in [3.8, 4) is 44.5 Å². The Morgan fingerprint density at radius 2 is 0.940 bits per heavy atom. The molecule has 0 N–H and O–H groups in total. The van der Waals surface area contributed by atoms with Crippen molar-refractivity contribution in [2.45, 2.75) is 19.3 Å². The van der Waals surface area contributed by atoms with Gasteiger partial charge in [0.2, 0.25) is 0 Å². The standard InChI is InChI=1S/C49H37N/c1-49(2)46-27-10-8-25-44(46)45-30-29-40(33-47(45)49)50(48-28-11-9-24-43(48)35-15-4-3-5-16-35)39-22-13-20-37(32-39)36-19-12-21-38(31-36)42-26-14-18-34-17-6-7-23-41(34)42/h3-33H,1-2H3. The Kier molecular flexibility index (Phi) is 7.21. The van der Waals surface area contributed by atoms with Gasteiger partial charge in [0.05, 0.1) is 5.69 Å². The zero-order valence-corrected chi connectivity index (χ0v) is 28.3. The molecule has 0 bridgehead atoms. The second-order valence-corrected chi connectivity index (χ2v) is 13.8. The van der Waals surface area contributed by atoms with Gasteiger partial charge in [0.1, 0.15) is 0 Å². The van der Waals surface area contributed by atoms with E-state index in [0.717, 1.165) is 17.1 Å². The molecular weight excluding hydrogens is 603 g/mol. The molecule has 0 unspecified atom stereocenters. The third-order valence-corrected chi connectivity index (χ3v) is 10.5. The second kappa shape index (κ2) is 12.1. The van der Waals surface area contributed by atoms with Gasteiger partial charge in [0.15, 0.2) is 0 Å². The van der Waals surface area contributed by atoms with Crippen molar-refractivity contribution in [2.75, 3.05) is 4.90 Å². The largest absolute Gasteiger partial charge is 0.310 e. The number of rotatable bonds is 6. The van der Waals surface area contributed by atoms with Crippen LogP contribution in [-0.4, -0.2) is 0 Å². The fraction of sp³-hybridized carbons (Fsp3) is 0.0612. The lowest BCUT2D eigenvalue weighted by Crippen LogP contribution is -2.17. The molecule has 0 fully saturated rings. The number of fused-ring (bicyclic) bond motifs is 4. The molecule has 8 aromatic carbocycles. The summed E-state index contributed by atoms with van der Waals surface area (Å²) in [7, 11) is 0. The molecule has 8 aromatic rings. The van der Waals surface area contributed by atoms with Gasteiger partial charge in [-0.25, -0.2) is 0 Å². The highest BCUT2D eigenvalue weighted by atomic mass is 15.1. The van der Waals surface area contributed by atoms with E-state index in [4.69, 9.17) is 0 Å². The van der Waals surface area contributed by atoms with Crippen LogP contribution >= 0.6 is 0 Å². The van der Waals surface area contributed by atoms with Crippen molar-refractivity contribution >= 4 is 27.8 Å². The molecule has 0 aromatic heterocycles. The maximum Gasteiger partial charge on any atom is 0.0540 e. The Hall–Kier alpha value is -6.18. The summed E-state index contributed by atoms with van der Waals surface area (Å²) < 4.78 is 0. The average Bonchev–Trinajstić information content (AvgIpc) is 3.41. The Labute approximate surface area is 294 Å². The number of nitrogens with zero attached hydrogens (tertiary/aromatic N) is 1. The van der Waals surface area contributed by atoms with Gasteiger partial charge in [0, 0.05) is 22.4 Å². The van der Waals surface area contributed by atoms with E-state index in [1.165, 1.54) is 66.4 Å². The maximum absolute atomic E-state index is 2.44. The van der Waals surface area contributed by atoms with Crippen molar-refractivity contribution in [3.63, 3.8) is 0 Å². The van der Waals surface area contributed by atoms with Gasteiger partial charge in [-0.15, -0.1) is 0 Å². The van der Waals surface area contributed by atoms with E-state index < -0.39 is 0 Å². The van der Waals surface area contributed by atoms with Gasteiger partial charge in [-0.3, -0.25) is 0 Å². The summed E-state index contributed by atoms with van der Waals surface area (Å²) in [6, 6.07) is 68.6. The van der Waals surface area contributed by atoms with E-state index in [9.17, 15) is 0 Å². The topological polar surface area (TPSA) is 3.24 Å². The number of anilines is 3. The molecule has 0 atom stereocenters. The molecule has 9 rings (SSSR count). The smallest absolute Gasteiger partial charge is 0.0540 e. The quantitative estimate of drug-likeness (QED) is 0.175. The fourth-order valence-corrected chi connectivity index (χ4v) is 7.96. The van der Waals surface area contributed by atoms with Gasteiger partial charge in [-0.2, -0.15) is 0 Å². The predicted octanol–water partition coefficient (Wildman–Crippen LogP) is 13.6. The van der Waals surface area contributed by atoms with Crippen molar-refractivity contribution in [3.05, 3.63) is 199 Å². The van der Waals surface area contributed by atoms with Gasteiger partial charge in [-0.1, -0.05) is 166 Å². The Morgan fingerprint density at radius 3 is 1.82 bits per heavy atom. The molecule has 50 heavy (non-hydrogen) atoms. The third kappa shape index (κ3) is 5.02. The molecule has 1 nitrogen and oxygen atoms in total.